The lowest BCUT2D eigenvalue weighted by Gasteiger charge is -2.28. The molecule has 0 aromatic heterocycles. The first-order valence-electron chi connectivity index (χ1n) is 7.82. The molecule has 116 valence electrons. The van der Waals surface area contributed by atoms with Crippen LogP contribution in [0.4, 0.5) is 4.79 Å². The summed E-state index contributed by atoms with van der Waals surface area (Å²) in [6.07, 6.45) is 4.77. The Morgan fingerprint density at radius 1 is 1.05 bits per heavy atom. The maximum Gasteiger partial charge on any atom is 0.334 e. The fourth-order valence-electron chi connectivity index (χ4n) is 3.32. The van der Waals surface area contributed by atoms with Crippen molar-refractivity contribution in [2.45, 2.75) is 51.6 Å². The second kappa shape index (κ2) is 5.91. The number of aryl methyl sites for hydroxylation is 1. The molecule has 5 heteroatoms. The first-order valence-corrected chi connectivity index (χ1v) is 7.82. The van der Waals surface area contributed by atoms with E-state index in [0.29, 0.717) is 0 Å². The van der Waals surface area contributed by atoms with Gasteiger partial charge in [0.25, 0.3) is 0 Å². The summed E-state index contributed by atoms with van der Waals surface area (Å²) in [5.41, 5.74) is 1.92. The molecular formula is C17H20N2O3. The molecule has 2 aliphatic rings. The highest BCUT2D eigenvalue weighted by molar-refractivity contribution is 6.44. The van der Waals surface area contributed by atoms with Crippen LogP contribution in [0.15, 0.2) is 24.3 Å². The maximum absolute atomic E-state index is 12.5. The molecule has 1 saturated heterocycles. The lowest BCUT2D eigenvalue weighted by molar-refractivity contribution is -0.144. The van der Waals surface area contributed by atoms with Crippen molar-refractivity contribution in [2.24, 2.45) is 0 Å². The van der Waals surface area contributed by atoms with Gasteiger partial charge in [-0.1, -0.05) is 49.1 Å². The molecule has 3 rings (SSSR count). The number of carbonyl (C=O) groups excluding carboxylic acids is 3. The van der Waals surface area contributed by atoms with Gasteiger partial charge >= 0.3 is 17.8 Å². The molecule has 1 heterocycles. The minimum Gasteiger partial charge on any atom is -0.263 e. The van der Waals surface area contributed by atoms with Crippen molar-refractivity contribution in [3.05, 3.63) is 35.4 Å². The molecule has 2 fully saturated rings. The standard InChI is InChI=1S/C17H20N2O3/c1-12-6-5-7-13(10-12)11-18-15(20)16(21)19(17(18)22)14-8-3-2-4-9-14/h5-7,10,14H,2-4,8-9,11H2,1H3. The third-order valence-corrected chi connectivity index (χ3v) is 4.45. The number of urea groups is 1. The Balaban J connectivity index is 1.79. The van der Waals surface area contributed by atoms with Crippen LogP contribution in [0, 0.1) is 6.92 Å². The molecule has 1 aliphatic heterocycles. The van der Waals surface area contributed by atoms with Crippen molar-refractivity contribution < 1.29 is 14.4 Å². The van der Waals surface area contributed by atoms with E-state index in [1.807, 2.05) is 31.2 Å². The zero-order valence-electron chi connectivity index (χ0n) is 12.7. The van der Waals surface area contributed by atoms with Gasteiger partial charge in [0.05, 0.1) is 6.54 Å². The van der Waals surface area contributed by atoms with E-state index in [-0.39, 0.29) is 12.6 Å². The van der Waals surface area contributed by atoms with Gasteiger partial charge in [-0.05, 0) is 25.3 Å². The van der Waals surface area contributed by atoms with Crippen LogP contribution in [0.5, 0.6) is 0 Å². The number of rotatable bonds is 3. The number of nitrogens with zero attached hydrogens (tertiary/aromatic N) is 2. The van der Waals surface area contributed by atoms with E-state index in [4.69, 9.17) is 0 Å². The monoisotopic (exact) mass is 300 g/mol. The van der Waals surface area contributed by atoms with Gasteiger partial charge in [0.2, 0.25) is 0 Å². The molecule has 1 aliphatic carbocycles. The number of carbonyl (C=O) groups is 3. The second-order valence-electron chi connectivity index (χ2n) is 6.13. The molecule has 0 bridgehead atoms. The first-order chi connectivity index (χ1) is 10.6. The summed E-state index contributed by atoms with van der Waals surface area (Å²) in [5.74, 6) is -1.36. The van der Waals surface area contributed by atoms with Gasteiger partial charge in [-0.3, -0.25) is 19.4 Å². The lowest BCUT2D eigenvalue weighted by Crippen LogP contribution is -2.42. The van der Waals surface area contributed by atoms with E-state index in [2.05, 4.69) is 0 Å². The second-order valence-corrected chi connectivity index (χ2v) is 6.13. The maximum atomic E-state index is 12.5. The molecule has 5 nitrogen and oxygen atoms in total. The molecule has 0 unspecified atom stereocenters. The molecule has 0 spiro atoms. The average molecular weight is 300 g/mol. The van der Waals surface area contributed by atoms with Gasteiger partial charge in [-0.2, -0.15) is 0 Å². The minimum atomic E-state index is -0.697. The normalized spacial score (nSPS) is 20.1. The van der Waals surface area contributed by atoms with Gasteiger partial charge in [0, 0.05) is 6.04 Å². The van der Waals surface area contributed by atoms with E-state index in [1.165, 1.54) is 4.90 Å². The topological polar surface area (TPSA) is 57.7 Å². The Labute approximate surface area is 129 Å². The Morgan fingerprint density at radius 2 is 1.77 bits per heavy atom. The predicted octanol–water partition coefficient (Wildman–Crippen LogP) is 2.62. The third kappa shape index (κ3) is 2.63. The summed E-state index contributed by atoms with van der Waals surface area (Å²) >= 11 is 0. The van der Waals surface area contributed by atoms with Gasteiger partial charge < -0.3 is 0 Å². The smallest absolute Gasteiger partial charge is 0.263 e. The Kier molecular flexibility index (Phi) is 3.96. The van der Waals surface area contributed by atoms with Crippen LogP contribution >= 0.6 is 0 Å². The SMILES string of the molecule is Cc1cccc(CN2C(=O)C(=O)N(C3CCCCC3)C2=O)c1. The number of hydrogen-bond acceptors (Lipinski definition) is 3. The molecular weight excluding hydrogens is 280 g/mol. The number of imide groups is 2. The van der Waals surface area contributed by atoms with Crippen molar-refractivity contribution >= 4 is 17.8 Å². The highest BCUT2D eigenvalue weighted by atomic mass is 16.2. The van der Waals surface area contributed by atoms with Crippen LogP contribution in [0.25, 0.3) is 0 Å². The molecule has 22 heavy (non-hydrogen) atoms. The van der Waals surface area contributed by atoms with E-state index in [9.17, 15) is 14.4 Å². The molecule has 0 radical (unpaired) electrons. The molecule has 1 aromatic carbocycles. The van der Waals surface area contributed by atoms with Crippen molar-refractivity contribution in [3.63, 3.8) is 0 Å². The number of benzene rings is 1. The van der Waals surface area contributed by atoms with E-state index >= 15 is 0 Å². The van der Waals surface area contributed by atoms with E-state index in [1.54, 1.807) is 0 Å². The Hall–Kier alpha value is -2.17. The van der Waals surface area contributed by atoms with Crippen LogP contribution < -0.4 is 0 Å². The summed E-state index contributed by atoms with van der Waals surface area (Å²) in [4.78, 5) is 39.2. The molecule has 4 amide bonds. The van der Waals surface area contributed by atoms with Crippen molar-refractivity contribution in [3.8, 4) is 0 Å². The summed E-state index contributed by atoms with van der Waals surface area (Å²) in [7, 11) is 0. The van der Waals surface area contributed by atoms with Gasteiger partial charge in [0.15, 0.2) is 0 Å². The Bertz CT molecular complexity index is 620. The van der Waals surface area contributed by atoms with E-state index in [0.717, 1.165) is 48.1 Å². The zero-order chi connectivity index (χ0) is 15.7. The van der Waals surface area contributed by atoms with Crippen LogP contribution in [0.1, 0.15) is 43.2 Å². The number of amides is 4. The summed E-state index contributed by atoms with van der Waals surface area (Å²) in [6, 6.07) is 7.06. The van der Waals surface area contributed by atoms with Gasteiger partial charge in [-0.15, -0.1) is 0 Å². The molecule has 0 atom stereocenters. The fraction of sp³-hybridized carbons (Fsp3) is 0.471. The van der Waals surface area contributed by atoms with Crippen molar-refractivity contribution in [1.82, 2.24) is 9.80 Å². The van der Waals surface area contributed by atoms with Crippen LogP contribution in [-0.4, -0.2) is 33.7 Å². The summed E-state index contributed by atoms with van der Waals surface area (Å²) in [6.45, 7) is 2.12. The minimum absolute atomic E-state index is 0.111. The highest BCUT2D eigenvalue weighted by Crippen LogP contribution is 2.27. The Morgan fingerprint density at radius 3 is 2.45 bits per heavy atom. The quantitative estimate of drug-likeness (QED) is 0.637. The van der Waals surface area contributed by atoms with Crippen LogP contribution in [0.3, 0.4) is 0 Å². The van der Waals surface area contributed by atoms with Gasteiger partial charge in [-0.25, -0.2) is 4.79 Å². The number of hydrogen-bond donors (Lipinski definition) is 0. The lowest BCUT2D eigenvalue weighted by atomic mass is 9.94. The zero-order valence-corrected chi connectivity index (χ0v) is 12.7. The largest absolute Gasteiger partial charge is 0.334 e. The highest BCUT2D eigenvalue weighted by Gasteiger charge is 2.47. The molecule has 1 saturated carbocycles. The third-order valence-electron chi connectivity index (χ3n) is 4.45. The van der Waals surface area contributed by atoms with Crippen LogP contribution in [0.2, 0.25) is 0 Å². The van der Waals surface area contributed by atoms with Crippen molar-refractivity contribution in [2.75, 3.05) is 0 Å². The summed E-state index contributed by atoms with van der Waals surface area (Å²) < 4.78 is 0. The molecule has 0 N–H and O–H groups in total. The summed E-state index contributed by atoms with van der Waals surface area (Å²) in [5, 5.41) is 0. The fourth-order valence-corrected chi connectivity index (χ4v) is 3.32. The van der Waals surface area contributed by atoms with Crippen molar-refractivity contribution in [1.29, 1.82) is 0 Å². The van der Waals surface area contributed by atoms with E-state index < -0.39 is 17.8 Å². The average Bonchev–Trinajstić information content (AvgIpc) is 2.72. The van der Waals surface area contributed by atoms with Gasteiger partial charge in [0.1, 0.15) is 0 Å². The predicted molar refractivity (Wildman–Crippen MR) is 80.8 cm³/mol. The molecule has 1 aromatic rings. The first kappa shape index (κ1) is 14.8. The van der Waals surface area contributed by atoms with Crippen LogP contribution in [-0.2, 0) is 16.1 Å².